The summed E-state index contributed by atoms with van der Waals surface area (Å²) in [6, 6.07) is 12.4. The van der Waals surface area contributed by atoms with Gasteiger partial charge in [0.2, 0.25) is 0 Å². The number of aromatic amines is 1. The zero-order valence-corrected chi connectivity index (χ0v) is 17.4. The summed E-state index contributed by atoms with van der Waals surface area (Å²) in [5.74, 6) is -0.571. The highest BCUT2D eigenvalue weighted by Crippen LogP contribution is 2.35. The predicted molar refractivity (Wildman–Crippen MR) is 117 cm³/mol. The number of hydrogen-bond acceptors (Lipinski definition) is 4. The van der Waals surface area contributed by atoms with Gasteiger partial charge in [-0.25, -0.2) is 0 Å². The molecule has 2 aromatic heterocycles. The second kappa shape index (κ2) is 7.82. The van der Waals surface area contributed by atoms with Crippen molar-refractivity contribution in [2.75, 3.05) is 19.4 Å². The molecule has 0 saturated carbocycles. The monoisotopic (exact) mass is 445 g/mol. The number of anilines is 1. The van der Waals surface area contributed by atoms with Crippen LogP contribution in [0.4, 0.5) is 18.9 Å². The molecule has 4 rings (SSSR count). The third-order valence-corrected chi connectivity index (χ3v) is 5.95. The minimum absolute atomic E-state index is 0.0380. The Kier molecular flexibility index (Phi) is 5.32. The number of aromatic nitrogens is 1. The SMILES string of the molecule is CN(C)Cc1ccc(NC(=O)c2cc3c(=O)[nH]c4ccccc4c3s2)cc1C(F)(F)F. The van der Waals surface area contributed by atoms with Gasteiger partial charge in [-0.3, -0.25) is 9.59 Å². The van der Waals surface area contributed by atoms with Crippen LogP contribution < -0.4 is 10.9 Å². The number of hydrogen-bond donors (Lipinski definition) is 2. The zero-order chi connectivity index (χ0) is 22.3. The smallest absolute Gasteiger partial charge is 0.321 e. The first-order valence-electron chi connectivity index (χ1n) is 9.34. The van der Waals surface area contributed by atoms with Crippen LogP contribution in [0.1, 0.15) is 20.8 Å². The third-order valence-electron chi connectivity index (χ3n) is 4.78. The largest absolute Gasteiger partial charge is 0.416 e. The number of amides is 1. The summed E-state index contributed by atoms with van der Waals surface area (Å²) in [6.45, 7) is 0.120. The van der Waals surface area contributed by atoms with Crippen molar-refractivity contribution in [2.24, 2.45) is 0 Å². The maximum absolute atomic E-state index is 13.5. The fraction of sp³-hybridized carbons (Fsp3) is 0.182. The Labute approximate surface area is 179 Å². The van der Waals surface area contributed by atoms with Gasteiger partial charge in [-0.15, -0.1) is 11.3 Å². The fourth-order valence-corrected chi connectivity index (χ4v) is 4.53. The summed E-state index contributed by atoms with van der Waals surface area (Å²) in [6.07, 6.45) is -4.55. The molecule has 9 heteroatoms. The van der Waals surface area contributed by atoms with Crippen molar-refractivity contribution in [1.29, 1.82) is 0 Å². The number of pyridine rings is 1. The van der Waals surface area contributed by atoms with E-state index in [0.29, 0.717) is 15.6 Å². The number of fused-ring (bicyclic) bond motifs is 3. The fourth-order valence-electron chi connectivity index (χ4n) is 3.44. The molecule has 31 heavy (non-hydrogen) atoms. The third kappa shape index (κ3) is 4.19. The average molecular weight is 445 g/mol. The van der Waals surface area contributed by atoms with Crippen LogP contribution in [0.5, 0.6) is 0 Å². The van der Waals surface area contributed by atoms with Crippen molar-refractivity contribution in [1.82, 2.24) is 9.88 Å². The number of H-pyrrole nitrogens is 1. The molecular weight excluding hydrogens is 427 g/mol. The number of thiophene rings is 1. The average Bonchev–Trinajstić information content (AvgIpc) is 3.15. The molecule has 5 nitrogen and oxygen atoms in total. The van der Waals surface area contributed by atoms with Gasteiger partial charge in [-0.1, -0.05) is 24.3 Å². The van der Waals surface area contributed by atoms with E-state index in [9.17, 15) is 22.8 Å². The first kappa shape index (κ1) is 21.1. The Balaban J connectivity index is 1.70. The summed E-state index contributed by atoms with van der Waals surface area (Å²) in [5, 5.41) is 3.69. The van der Waals surface area contributed by atoms with Gasteiger partial charge in [0.15, 0.2) is 0 Å². The van der Waals surface area contributed by atoms with E-state index in [1.165, 1.54) is 18.2 Å². The Hall–Kier alpha value is -3.17. The highest BCUT2D eigenvalue weighted by molar-refractivity contribution is 7.21. The van der Waals surface area contributed by atoms with Gasteiger partial charge in [-0.05, 0) is 43.9 Å². The summed E-state index contributed by atoms with van der Waals surface area (Å²) in [5.41, 5.74) is -0.305. The van der Waals surface area contributed by atoms with Crippen LogP contribution in [0.2, 0.25) is 0 Å². The molecule has 0 radical (unpaired) electrons. The van der Waals surface area contributed by atoms with Crippen LogP contribution in [0.3, 0.4) is 0 Å². The van der Waals surface area contributed by atoms with Gasteiger partial charge in [0.05, 0.1) is 15.8 Å². The van der Waals surface area contributed by atoms with Crippen LogP contribution in [-0.2, 0) is 12.7 Å². The van der Waals surface area contributed by atoms with E-state index in [1.54, 1.807) is 31.1 Å². The molecule has 2 N–H and O–H groups in total. The molecule has 0 bridgehead atoms. The standard InChI is InChI=1S/C22H18F3N3O2S/c1-28(2)11-12-7-8-13(9-16(12)22(23,24)25)26-21(30)18-10-15-19(31-18)14-5-3-4-6-17(14)27-20(15)29/h3-10H,11H2,1-2H3,(H,26,30)(H,27,29). The van der Waals surface area contributed by atoms with Gasteiger partial charge in [0, 0.05) is 27.8 Å². The van der Waals surface area contributed by atoms with Crippen LogP contribution in [0.15, 0.2) is 53.3 Å². The predicted octanol–water partition coefficient (Wildman–Crippen LogP) is 5.08. The summed E-state index contributed by atoms with van der Waals surface area (Å²) >= 11 is 1.13. The van der Waals surface area contributed by atoms with Crippen molar-refractivity contribution in [2.45, 2.75) is 12.7 Å². The lowest BCUT2D eigenvalue weighted by Crippen LogP contribution is -2.17. The topological polar surface area (TPSA) is 65.2 Å². The quantitative estimate of drug-likeness (QED) is 0.461. The highest BCUT2D eigenvalue weighted by Gasteiger charge is 2.33. The molecular formula is C22H18F3N3O2S. The van der Waals surface area contributed by atoms with Gasteiger partial charge < -0.3 is 15.2 Å². The summed E-state index contributed by atoms with van der Waals surface area (Å²) in [4.78, 5) is 29.8. The molecule has 4 aromatic rings. The van der Waals surface area contributed by atoms with E-state index in [4.69, 9.17) is 0 Å². The molecule has 0 fully saturated rings. The van der Waals surface area contributed by atoms with Crippen molar-refractivity contribution >= 4 is 43.9 Å². The van der Waals surface area contributed by atoms with Crippen molar-refractivity contribution in [3.8, 4) is 0 Å². The number of alkyl halides is 3. The maximum Gasteiger partial charge on any atom is 0.416 e. The maximum atomic E-state index is 13.5. The Bertz CT molecular complexity index is 1360. The Morgan fingerprint density at radius 1 is 1.10 bits per heavy atom. The number of nitrogens with one attached hydrogen (secondary N) is 2. The summed E-state index contributed by atoms with van der Waals surface area (Å²) < 4.78 is 41.2. The molecule has 0 atom stereocenters. The molecule has 2 heterocycles. The molecule has 1 amide bonds. The number of para-hydroxylation sites is 1. The van der Waals surface area contributed by atoms with E-state index < -0.39 is 17.6 Å². The van der Waals surface area contributed by atoms with Crippen LogP contribution in [0, 0.1) is 0 Å². The highest BCUT2D eigenvalue weighted by atomic mass is 32.1. The molecule has 160 valence electrons. The van der Waals surface area contributed by atoms with Crippen molar-refractivity contribution < 1.29 is 18.0 Å². The minimum atomic E-state index is -4.55. The number of nitrogens with zero attached hydrogens (tertiary/aromatic N) is 1. The van der Waals surface area contributed by atoms with Crippen LogP contribution in [-0.4, -0.2) is 29.9 Å². The van der Waals surface area contributed by atoms with E-state index in [0.717, 1.165) is 22.8 Å². The first-order chi connectivity index (χ1) is 14.6. The lowest BCUT2D eigenvalue weighted by Gasteiger charge is -2.17. The molecule has 2 aromatic carbocycles. The van der Waals surface area contributed by atoms with Gasteiger partial charge in [0.25, 0.3) is 11.5 Å². The van der Waals surface area contributed by atoms with E-state index in [-0.39, 0.29) is 28.2 Å². The Morgan fingerprint density at radius 2 is 1.84 bits per heavy atom. The molecule has 0 spiro atoms. The minimum Gasteiger partial charge on any atom is -0.321 e. The number of halogens is 3. The van der Waals surface area contributed by atoms with E-state index in [1.807, 2.05) is 12.1 Å². The van der Waals surface area contributed by atoms with Gasteiger partial charge in [-0.2, -0.15) is 13.2 Å². The molecule has 0 aliphatic rings. The van der Waals surface area contributed by atoms with E-state index in [2.05, 4.69) is 10.3 Å². The van der Waals surface area contributed by atoms with Crippen molar-refractivity contribution in [3.63, 3.8) is 0 Å². The van der Waals surface area contributed by atoms with Gasteiger partial charge in [0.1, 0.15) is 0 Å². The van der Waals surface area contributed by atoms with Crippen molar-refractivity contribution in [3.05, 3.63) is 74.9 Å². The number of rotatable bonds is 4. The van der Waals surface area contributed by atoms with Crippen LogP contribution in [0.25, 0.3) is 21.0 Å². The first-order valence-corrected chi connectivity index (χ1v) is 10.2. The molecule has 0 aliphatic carbocycles. The second-order valence-corrected chi connectivity index (χ2v) is 8.47. The molecule has 0 unspecified atom stereocenters. The van der Waals surface area contributed by atoms with E-state index >= 15 is 0 Å². The number of carbonyl (C=O) groups is 1. The Morgan fingerprint density at radius 3 is 2.55 bits per heavy atom. The number of carbonyl (C=O) groups excluding carboxylic acids is 1. The van der Waals surface area contributed by atoms with Gasteiger partial charge >= 0.3 is 6.18 Å². The number of benzene rings is 2. The second-order valence-electron chi connectivity index (χ2n) is 7.41. The lowest BCUT2D eigenvalue weighted by atomic mass is 10.1. The van der Waals surface area contributed by atoms with Crippen LogP contribution >= 0.6 is 11.3 Å². The lowest BCUT2D eigenvalue weighted by molar-refractivity contribution is -0.138. The molecule has 0 aliphatic heterocycles. The zero-order valence-electron chi connectivity index (χ0n) is 16.6. The summed E-state index contributed by atoms with van der Waals surface area (Å²) in [7, 11) is 3.37. The normalized spacial score (nSPS) is 12.1. The molecule has 0 saturated heterocycles.